The number of unbranched alkanes of at least 4 members (excludes halogenated alkanes) is 1. The molecular weight excluding hydrogens is 152 g/mol. The summed E-state index contributed by atoms with van der Waals surface area (Å²) in [6.07, 6.45) is 3.92. The predicted molar refractivity (Wildman–Crippen MR) is 47.8 cm³/mol. The predicted octanol–water partition coefficient (Wildman–Crippen LogP) is 2.52. The largest absolute Gasteiger partial charge is 0.459 e. The van der Waals surface area contributed by atoms with Gasteiger partial charge in [0.15, 0.2) is 0 Å². The highest BCUT2D eigenvalue weighted by molar-refractivity contribution is 5.72. The number of carbonyl (C=O) groups excluding carboxylic acids is 1. The van der Waals surface area contributed by atoms with Gasteiger partial charge in [0.2, 0.25) is 0 Å². The number of hydrogen-bond acceptors (Lipinski definition) is 2. The summed E-state index contributed by atoms with van der Waals surface area (Å²) in [5, 5.41) is 0. The Morgan fingerprint density at radius 3 is 2.75 bits per heavy atom. The quantitative estimate of drug-likeness (QED) is 0.608. The van der Waals surface area contributed by atoms with Crippen LogP contribution in [-0.2, 0) is 9.53 Å². The standard InChI is InChI=1S/C10H18O2/c1-4-5-6-10(3)8(2)7-9(11)12-10/h8H,4-7H2,1-3H3/t8-,10+/m0/s1. The molecule has 1 fully saturated rings. The lowest BCUT2D eigenvalue weighted by molar-refractivity contribution is -0.148. The summed E-state index contributed by atoms with van der Waals surface area (Å²) in [5.41, 5.74) is -0.174. The molecule has 1 aliphatic heterocycles. The SMILES string of the molecule is CCCC[C@@]1(C)OC(=O)C[C@@H]1C. The van der Waals surface area contributed by atoms with Crippen LogP contribution in [0.4, 0.5) is 0 Å². The molecule has 0 aromatic carbocycles. The molecule has 2 heteroatoms. The average molecular weight is 170 g/mol. The second kappa shape index (κ2) is 3.46. The highest BCUT2D eigenvalue weighted by Gasteiger charge is 2.41. The van der Waals surface area contributed by atoms with Gasteiger partial charge >= 0.3 is 5.97 Å². The normalized spacial score (nSPS) is 35.2. The highest BCUT2D eigenvalue weighted by atomic mass is 16.6. The van der Waals surface area contributed by atoms with Crippen LogP contribution in [0, 0.1) is 5.92 Å². The molecule has 2 nitrogen and oxygen atoms in total. The third-order valence-electron chi connectivity index (χ3n) is 2.89. The third-order valence-corrected chi connectivity index (χ3v) is 2.89. The first-order valence-electron chi connectivity index (χ1n) is 4.80. The van der Waals surface area contributed by atoms with Crippen LogP contribution in [0.3, 0.4) is 0 Å². The summed E-state index contributed by atoms with van der Waals surface area (Å²) in [7, 11) is 0. The molecule has 0 aromatic rings. The van der Waals surface area contributed by atoms with Crippen molar-refractivity contribution in [3.8, 4) is 0 Å². The molecule has 0 N–H and O–H groups in total. The van der Waals surface area contributed by atoms with E-state index < -0.39 is 0 Å². The molecule has 0 aliphatic carbocycles. The van der Waals surface area contributed by atoms with Gasteiger partial charge in [0, 0.05) is 5.92 Å². The highest BCUT2D eigenvalue weighted by Crippen LogP contribution is 2.36. The summed E-state index contributed by atoms with van der Waals surface area (Å²) in [4.78, 5) is 11.0. The van der Waals surface area contributed by atoms with Crippen molar-refractivity contribution >= 4 is 5.97 Å². The van der Waals surface area contributed by atoms with Crippen molar-refractivity contribution in [2.24, 2.45) is 5.92 Å². The second-order valence-corrected chi connectivity index (χ2v) is 4.00. The molecule has 0 unspecified atom stereocenters. The summed E-state index contributed by atoms with van der Waals surface area (Å²) >= 11 is 0. The molecule has 1 heterocycles. The van der Waals surface area contributed by atoms with Gasteiger partial charge in [-0.05, 0) is 19.8 Å². The molecule has 1 rings (SSSR count). The van der Waals surface area contributed by atoms with Crippen molar-refractivity contribution < 1.29 is 9.53 Å². The van der Waals surface area contributed by atoms with E-state index in [9.17, 15) is 4.79 Å². The van der Waals surface area contributed by atoms with Crippen LogP contribution in [0.1, 0.15) is 46.5 Å². The van der Waals surface area contributed by atoms with Crippen molar-refractivity contribution in [3.63, 3.8) is 0 Å². The molecule has 70 valence electrons. The molecule has 0 amide bonds. The van der Waals surface area contributed by atoms with E-state index in [4.69, 9.17) is 4.74 Å². The van der Waals surface area contributed by atoms with E-state index in [1.807, 2.05) is 0 Å². The zero-order chi connectivity index (χ0) is 9.19. The molecule has 2 atom stereocenters. The zero-order valence-electron chi connectivity index (χ0n) is 8.22. The van der Waals surface area contributed by atoms with Crippen molar-refractivity contribution in [3.05, 3.63) is 0 Å². The fraction of sp³-hybridized carbons (Fsp3) is 0.900. The van der Waals surface area contributed by atoms with E-state index in [1.54, 1.807) is 0 Å². The molecule has 0 spiro atoms. The van der Waals surface area contributed by atoms with Gasteiger partial charge in [-0.25, -0.2) is 0 Å². The van der Waals surface area contributed by atoms with Crippen LogP contribution in [-0.4, -0.2) is 11.6 Å². The van der Waals surface area contributed by atoms with Crippen LogP contribution in [0.5, 0.6) is 0 Å². The smallest absolute Gasteiger partial charge is 0.306 e. The lowest BCUT2D eigenvalue weighted by Gasteiger charge is -2.26. The van der Waals surface area contributed by atoms with E-state index in [0.29, 0.717) is 12.3 Å². The molecular formula is C10H18O2. The maximum Gasteiger partial charge on any atom is 0.306 e. The first-order valence-corrected chi connectivity index (χ1v) is 4.80. The lowest BCUT2D eigenvalue weighted by Crippen LogP contribution is -2.29. The fourth-order valence-corrected chi connectivity index (χ4v) is 1.69. The Morgan fingerprint density at radius 2 is 2.33 bits per heavy atom. The van der Waals surface area contributed by atoms with Crippen molar-refractivity contribution in [1.82, 2.24) is 0 Å². The molecule has 0 radical (unpaired) electrons. The Labute approximate surface area is 74.3 Å². The van der Waals surface area contributed by atoms with Gasteiger partial charge in [-0.3, -0.25) is 4.79 Å². The Hall–Kier alpha value is -0.530. The average Bonchev–Trinajstić information content (AvgIpc) is 2.23. The van der Waals surface area contributed by atoms with E-state index in [-0.39, 0.29) is 11.6 Å². The van der Waals surface area contributed by atoms with Crippen LogP contribution < -0.4 is 0 Å². The molecule has 0 saturated carbocycles. The van der Waals surface area contributed by atoms with Gasteiger partial charge in [0.05, 0.1) is 6.42 Å². The monoisotopic (exact) mass is 170 g/mol. The van der Waals surface area contributed by atoms with Crippen LogP contribution in [0.15, 0.2) is 0 Å². The van der Waals surface area contributed by atoms with Gasteiger partial charge in [0.1, 0.15) is 5.60 Å². The Balaban J connectivity index is 2.52. The topological polar surface area (TPSA) is 26.3 Å². The molecule has 0 aromatic heterocycles. The maximum absolute atomic E-state index is 11.0. The van der Waals surface area contributed by atoms with E-state index >= 15 is 0 Å². The van der Waals surface area contributed by atoms with E-state index in [0.717, 1.165) is 12.8 Å². The number of cyclic esters (lactones) is 1. The Kier molecular flexibility index (Phi) is 2.76. The third kappa shape index (κ3) is 1.79. The number of hydrogen-bond donors (Lipinski definition) is 0. The van der Waals surface area contributed by atoms with E-state index in [2.05, 4.69) is 20.8 Å². The summed E-state index contributed by atoms with van der Waals surface area (Å²) in [5.74, 6) is 0.359. The van der Waals surface area contributed by atoms with Crippen LogP contribution in [0.25, 0.3) is 0 Å². The molecule has 0 bridgehead atoms. The van der Waals surface area contributed by atoms with Gasteiger partial charge in [0.25, 0.3) is 0 Å². The lowest BCUT2D eigenvalue weighted by atomic mass is 9.86. The van der Waals surface area contributed by atoms with Gasteiger partial charge in [-0.2, -0.15) is 0 Å². The second-order valence-electron chi connectivity index (χ2n) is 4.00. The van der Waals surface area contributed by atoms with Crippen molar-refractivity contribution in [2.75, 3.05) is 0 Å². The first-order chi connectivity index (χ1) is 5.58. The Morgan fingerprint density at radius 1 is 1.67 bits per heavy atom. The fourth-order valence-electron chi connectivity index (χ4n) is 1.69. The molecule has 1 aliphatic rings. The van der Waals surface area contributed by atoms with Gasteiger partial charge in [-0.1, -0.05) is 20.3 Å². The summed E-state index contributed by atoms with van der Waals surface area (Å²) < 4.78 is 5.32. The van der Waals surface area contributed by atoms with E-state index in [1.165, 1.54) is 6.42 Å². The minimum absolute atomic E-state index is 0.0268. The number of rotatable bonds is 3. The molecule has 12 heavy (non-hydrogen) atoms. The van der Waals surface area contributed by atoms with Crippen LogP contribution in [0.2, 0.25) is 0 Å². The van der Waals surface area contributed by atoms with Crippen LogP contribution >= 0.6 is 0 Å². The van der Waals surface area contributed by atoms with Crippen molar-refractivity contribution in [2.45, 2.75) is 52.1 Å². The molecule has 1 saturated heterocycles. The number of ether oxygens (including phenoxy) is 1. The number of carbonyl (C=O) groups is 1. The van der Waals surface area contributed by atoms with Gasteiger partial charge < -0.3 is 4.74 Å². The first kappa shape index (κ1) is 9.56. The minimum atomic E-state index is -0.174. The van der Waals surface area contributed by atoms with Crippen molar-refractivity contribution in [1.29, 1.82) is 0 Å². The number of esters is 1. The minimum Gasteiger partial charge on any atom is -0.459 e. The maximum atomic E-state index is 11.0. The summed E-state index contributed by atoms with van der Waals surface area (Å²) in [6.45, 7) is 6.31. The summed E-state index contributed by atoms with van der Waals surface area (Å²) in [6, 6.07) is 0. The Bertz CT molecular complexity index is 177. The van der Waals surface area contributed by atoms with Gasteiger partial charge in [-0.15, -0.1) is 0 Å². The zero-order valence-corrected chi connectivity index (χ0v) is 8.22.